The summed E-state index contributed by atoms with van der Waals surface area (Å²) in [6, 6.07) is 0. The van der Waals surface area contributed by atoms with Crippen molar-refractivity contribution in [2.45, 2.75) is 0 Å². The van der Waals surface area contributed by atoms with Crippen molar-refractivity contribution < 1.29 is 5.11 Å². The fourth-order valence-electron chi connectivity index (χ4n) is 0.634. The molecule has 0 amide bonds. The highest BCUT2D eigenvalue weighted by molar-refractivity contribution is 4.94. The van der Waals surface area contributed by atoms with Gasteiger partial charge in [0.15, 0.2) is 0 Å². The lowest BCUT2D eigenvalue weighted by Crippen LogP contribution is -2.33. The molecule has 0 saturated carbocycles. The quantitative estimate of drug-likeness (QED) is 0.350. The number of likely N-dealkylation sites (N-methyl/N-ethyl adjacent to an activating group) is 1. The summed E-state index contributed by atoms with van der Waals surface area (Å²) in [6.07, 6.45) is 1.53. The molecule has 0 aliphatic rings. The Bertz CT molecular complexity index is 146. The van der Waals surface area contributed by atoms with Crippen LogP contribution in [0.15, 0.2) is 11.9 Å². The minimum atomic E-state index is -0.157. The van der Waals surface area contributed by atoms with Gasteiger partial charge in [-0.1, -0.05) is 0 Å². The first kappa shape index (κ1) is 11.2. The van der Waals surface area contributed by atoms with Crippen LogP contribution < -0.4 is 11.6 Å². The molecule has 0 aromatic rings. The Morgan fingerprint density at radius 2 is 2.00 bits per heavy atom. The molecule has 0 rings (SSSR count). The Balaban J connectivity index is 3.65. The summed E-state index contributed by atoms with van der Waals surface area (Å²) < 4.78 is 0. The molecule has 0 aliphatic heterocycles. The number of hydrogen-bond donors (Lipinski definition) is 3. The van der Waals surface area contributed by atoms with Crippen LogP contribution in [0.3, 0.4) is 0 Å². The summed E-state index contributed by atoms with van der Waals surface area (Å²) in [6.45, 7) is 1.38. The van der Waals surface area contributed by atoms with E-state index >= 15 is 0 Å². The van der Waals surface area contributed by atoms with E-state index in [1.165, 1.54) is 11.2 Å². The van der Waals surface area contributed by atoms with E-state index in [0.717, 1.165) is 6.54 Å². The van der Waals surface area contributed by atoms with E-state index < -0.39 is 0 Å². The van der Waals surface area contributed by atoms with Gasteiger partial charge in [-0.2, -0.15) is 0 Å². The maximum atomic E-state index is 8.58. The maximum Gasteiger partial charge on any atom is 0.0840 e. The molecule has 0 atom stereocenters. The molecular formula is C7H18N4O. The van der Waals surface area contributed by atoms with E-state index in [4.69, 9.17) is 16.7 Å². The number of rotatable bonds is 5. The van der Waals surface area contributed by atoms with Crippen molar-refractivity contribution in [3.05, 3.63) is 11.9 Å². The number of nitrogens with two attached hydrogens (primary N) is 2. The first-order valence-corrected chi connectivity index (χ1v) is 3.79. The van der Waals surface area contributed by atoms with Gasteiger partial charge < -0.3 is 20.7 Å². The van der Waals surface area contributed by atoms with Crippen LogP contribution in [0.25, 0.3) is 0 Å². The Labute approximate surface area is 73.2 Å². The van der Waals surface area contributed by atoms with Crippen LogP contribution >= 0.6 is 0 Å². The summed E-state index contributed by atoms with van der Waals surface area (Å²) in [5, 5.41) is 10.0. The first-order valence-electron chi connectivity index (χ1n) is 3.79. The van der Waals surface area contributed by atoms with Crippen LogP contribution in [0.4, 0.5) is 0 Å². The van der Waals surface area contributed by atoms with Gasteiger partial charge in [-0.15, -0.1) is 0 Å². The maximum absolute atomic E-state index is 8.58. The molecule has 0 heterocycles. The van der Waals surface area contributed by atoms with E-state index in [9.17, 15) is 0 Å². The second-order valence-corrected chi connectivity index (χ2v) is 2.90. The Kier molecular flexibility index (Phi) is 5.44. The lowest BCUT2D eigenvalue weighted by molar-refractivity contribution is 0.299. The van der Waals surface area contributed by atoms with Crippen LogP contribution in [0.5, 0.6) is 0 Å². The largest absolute Gasteiger partial charge is 0.399 e. The van der Waals surface area contributed by atoms with Crippen molar-refractivity contribution >= 4 is 0 Å². The van der Waals surface area contributed by atoms with Gasteiger partial charge in [-0.3, -0.25) is 0 Å². The minimum Gasteiger partial charge on any atom is -0.399 e. The van der Waals surface area contributed by atoms with Crippen molar-refractivity contribution in [2.75, 3.05) is 33.8 Å². The lowest BCUT2D eigenvalue weighted by atomic mass is 10.5. The second-order valence-electron chi connectivity index (χ2n) is 2.90. The van der Waals surface area contributed by atoms with Crippen LogP contribution in [0.1, 0.15) is 0 Å². The highest BCUT2D eigenvalue weighted by Crippen LogP contribution is 1.86. The second kappa shape index (κ2) is 5.82. The van der Waals surface area contributed by atoms with Crippen LogP contribution in [-0.2, 0) is 0 Å². The molecule has 5 heteroatoms. The third kappa shape index (κ3) is 5.96. The smallest absolute Gasteiger partial charge is 0.0840 e. The molecule has 5 nitrogen and oxygen atoms in total. The molecule has 0 saturated heterocycles. The van der Waals surface area contributed by atoms with E-state index in [2.05, 4.69) is 0 Å². The van der Waals surface area contributed by atoms with Crippen molar-refractivity contribution in [1.82, 2.24) is 9.91 Å². The summed E-state index contributed by atoms with van der Waals surface area (Å²) in [7, 11) is 3.93. The van der Waals surface area contributed by atoms with Crippen molar-refractivity contribution in [3.8, 4) is 0 Å². The molecule has 0 bridgehead atoms. The molecule has 0 spiro atoms. The molecule has 0 aromatic carbocycles. The van der Waals surface area contributed by atoms with Crippen molar-refractivity contribution in [3.63, 3.8) is 0 Å². The van der Waals surface area contributed by atoms with Gasteiger partial charge in [0.05, 0.1) is 12.3 Å². The van der Waals surface area contributed by atoms with Crippen LogP contribution in [0.2, 0.25) is 0 Å². The predicted molar refractivity (Wildman–Crippen MR) is 48.8 cm³/mol. The SMILES string of the molecule is CN(C)CCN(N)/C=C(\N)CO. The standard InChI is InChI=1S/C7H18N4O/c1-10(2)3-4-11(9)5-7(8)6-12/h5,12H,3-4,6,8-9H2,1-2H3/b7-5-. The highest BCUT2D eigenvalue weighted by Gasteiger charge is 1.95. The number of hydrazine groups is 1. The summed E-state index contributed by atoms with van der Waals surface area (Å²) in [5.41, 5.74) is 5.73. The van der Waals surface area contributed by atoms with Gasteiger partial charge in [0.25, 0.3) is 0 Å². The molecule has 12 heavy (non-hydrogen) atoms. The lowest BCUT2D eigenvalue weighted by Gasteiger charge is -2.17. The van der Waals surface area contributed by atoms with E-state index in [1.54, 1.807) is 0 Å². The molecule has 0 fully saturated rings. The number of aliphatic hydroxyl groups is 1. The molecule has 0 radical (unpaired) electrons. The molecule has 72 valence electrons. The summed E-state index contributed by atoms with van der Waals surface area (Å²) in [4.78, 5) is 2.02. The Hall–Kier alpha value is -0.780. The predicted octanol–water partition coefficient (Wildman–Crippen LogP) is -1.48. The Morgan fingerprint density at radius 1 is 1.42 bits per heavy atom. The van der Waals surface area contributed by atoms with Gasteiger partial charge in [-0.05, 0) is 14.1 Å². The van der Waals surface area contributed by atoms with Crippen molar-refractivity contribution in [1.29, 1.82) is 0 Å². The average molecular weight is 174 g/mol. The van der Waals surface area contributed by atoms with E-state index in [0.29, 0.717) is 12.2 Å². The normalized spacial score (nSPS) is 12.2. The zero-order valence-corrected chi connectivity index (χ0v) is 7.70. The topological polar surface area (TPSA) is 78.8 Å². The third-order valence-electron chi connectivity index (χ3n) is 1.32. The summed E-state index contributed by atoms with van der Waals surface area (Å²) in [5.74, 6) is 5.54. The molecule has 5 N–H and O–H groups in total. The monoisotopic (exact) mass is 174 g/mol. The van der Waals surface area contributed by atoms with Gasteiger partial charge in [0.2, 0.25) is 0 Å². The number of hydrogen-bond acceptors (Lipinski definition) is 5. The fraction of sp³-hybridized carbons (Fsp3) is 0.714. The third-order valence-corrected chi connectivity index (χ3v) is 1.32. The minimum absolute atomic E-state index is 0.157. The average Bonchev–Trinajstić information content (AvgIpc) is 2.00. The van der Waals surface area contributed by atoms with Crippen LogP contribution in [-0.4, -0.2) is 48.8 Å². The van der Waals surface area contributed by atoms with Gasteiger partial charge in [0.1, 0.15) is 0 Å². The zero-order valence-electron chi connectivity index (χ0n) is 7.70. The van der Waals surface area contributed by atoms with Crippen molar-refractivity contribution in [2.24, 2.45) is 11.6 Å². The van der Waals surface area contributed by atoms with Gasteiger partial charge in [-0.25, -0.2) is 5.84 Å². The number of aliphatic hydroxyl groups excluding tert-OH is 1. The van der Waals surface area contributed by atoms with Crippen LogP contribution in [0, 0.1) is 0 Å². The van der Waals surface area contributed by atoms with E-state index in [1.807, 2.05) is 19.0 Å². The van der Waals surface area contributed by atoms with Gasteiger partial charge in [0, 0.05) is 19.3 Å². The molecule has 0 aromatic heterocycles. The molecule has 0 aliphatic carbocycles. The molecule has 0 unspecified atom stereocenters. The Morgan fingerprint density at radius 3 is 2.42 bits per heavy atom. The number of nitrogens with zero attached hydrogens (tertiary/aromatic N) is 2. The summed E-state index contributed by atoms with van der Waals surface area (Å²) >= 11 is 0. The van der Waals surface area contributed by atoms with Gasteiger partial charge >= 0.3 is 0 Å². The molecular weight excluding hydrogens is 156 g/mol. The highest BCUT2D eigenvalue weighted by atomic mass is 16.3. The fourth-order valence-corrected chi connectivity index (χ4v) is 0.634. The van der Waals surface area contributed by atoms with E-state index in [-0.39, 0.29) is 6.61 Å². The first-order chi connectivity index (χ1) is 5.56. The zero-order chi connectivity index (χ0) is 9.56.